The first-order chi connectivity index (χ1) is 15.5. The second-order valence-electron chi connectivity index (χ2n) is 6.52. The Balaban J connectivity index is 2.24. The Morgan fingerprint density at radius 1 is 1.18 bits per heavy atom. The number of azo groups is 1. The molecule has 0 fully saturated rings. The van der Waals surface area contributed by atoms with Gasteiger partial charge in [-0.3, -0.25) is 13.8 Å². The van der Waals surface area contributed by atoms with Gasteiger partial charge in [0.15, 0.2) is 5.75 Å². The van der Waals surface area contributed by atoms with Crippen molar-refractivity contribution < 1.29 is 40.6 Å². The summed E-state index contributed by atoms with van der Waals surface area (Å²) in [5.74, 6) is -3.23. The molecule has 1 aromatic heterocycles. The van der Waals surface area contributed by atoms with Crippen LogP contribution in [0, 0.1) is 0 Å². The molecule has 0 aliphatic heterocycles. The molecule has 14 nitrogen and oxygen atoms in total. The Morgan fingerprint density at radius 3 is 2.52 bits per heavy atom. The number of unbranched alkanes of at least 4 members (excludes halogenated alkanes) is 1. The number of H-pyrrole nitrogens is 1. The number of aromatic nitrogens is 3. The Labute approximate surface area is 186 Å². The Bertz CT molecular complexity index is 1460. The second-order valence-corrected chi connectivity index (χ2v) is 9.49. The van der Waals surface area contributed by atoms with Gasteiger partial charge in [0.05, 0.1) is 6.61 Å². The molecule has 3 rings (SSSR count). The van der Waals surface area contributed by atoms with E-state index in [1.165, 1.54) is 12.1 Å². The van der Waals surface area contributed by atoms with E-state index >= 15 is 0 Å². The zero-order chi connectivity index (χ0) is 24.4. The van der Waals surface area contributed by atoms with E-state index in [-0.39, 0.29) is 12.0 Å². The number of hydrogen-bond donors (Lipinski definition) is 4. The first-order valence-electron chi connectivity index (χ1n) is 9.18. The van der Waals surface area contributed by atoms with Gasteiger partial charge in [-0.2, -0.15) is 21.8 Å². The molecular weight excluding hydrogens is 482 g/mol. The topological polar surface area (TPSA) is 222 Å². The number of benzene rings is 2. The number of phenolic OH excluding ortho intramolecular Hbond substituents is 1. The molecule has 1 heterocycles. The third kappa shape index (κ3) is 5.14. The van der Waals surface area contributed by atoms with Gasteiger partial charge < -0.3 is 10.2 Å². The highest BCUT2D eigenvalue weighted by atomic mass is 32.2. The molecule has 0 radical (unpaired) electrons. The van der Waals surface area contributed by atoms with E-state index < -0.39 is 64.6 Å². The molecule has 0 unspecified atom stereocenters. The number of hydrogen-bond acceptors (Lipinski definition) is 11. The van der Waals surface area contributed by atoms with Crippen LogP contribution in [0.5, 0.6) is 5.75 Å². The molecule has 0 aliphatic rings. The fourth-order valence-electron chi connectivity index (χ4n) is 2.75. The van der Waals surface area contributed by atoms with E-state index in [0.717, 1.165) is 12.1 Å². The van der Waals surface area contributed by atoms with Crippen LogP contribution in [0.4, 0.5) is 11.6 Å². The molecule has 0 aliphatic carbocycles. The highest BCUT2D eigenvalue weighted by molar-refractivity contribution is 7.87. The maximum Gasteiger partial charge on any atom is 0.373 e. The number of aromatic hydroxyl groups is 1. The van der Waals surface area contributed by atoms with Crippen molar-refractivity contribution in [2.75, 3.05) is 6.61 Å². The van der Waals surface area contributed by atoms with Gasteiger partial charge >= 0.3 is 5.97 Å². The average Bonchev–Trinajstić information content (AvgIpc) is 3.21. The second kappa shape index (κ2) is 9.18. The lowest BCUT2D eigenvalue weighted by Crippen LogP contribution is -2.09. The van der Waals surface area contributed by atoms with E-state index in [2.05, 4.69) is 25.4 Å². The van der Waals surface area contributed by atoms with Gasteiger partial charge in [-0.15, -0.1) is 15.3 Å². The zero-order valence-electron chi connectivity index (χ0n) is 16.8. The quantitative estimate of drug-likeness (QED) is 0.145. The molecule has 3 aromatic rings. The van der Waals surface area contributed by atoms with Crippen molar-refractivity contribution >= 4 is 48.6 Å². The maximum atomic E-state index is 12.7. The summed E-state index contributed by atoms with van der Waals surface area (Å²) < 4.78 is 64.0. The first-order valence-corrected chi connectivity index (χ1v) is 12.0. The number of nitrogens with one attached hydrogen (secondary N) is 1. The molecule has 176 valence electrons. The van der Waals surface area contributed by atoms with E-state index in [4.69, 9.17) is 9.29 Å². The van der Waals surface area contributed by atoms with Gasteiger partial charge in [-0.25, -0.2) is 4.79 Å². The minimum absolute atomic E-state index is 0.142. The lowest BCUT2D eigenvalue weighted by atomic mass is 10.1. The predicted molar refractivity (Wildman–Crippen MR) is 111 cm³/mol. The predicted octanol–water partition coefficient (Wildman–Crippen LogP) is 2.53. The summed E-state index contributed by atoms with van der Waals surface area (Å²) in [7, 11) is -9.34. The lowest BCUT2D eigenvalue weighted by molar-refractivity contribution is 0.0684. The van der Waals surface area contributed by atoms with Crippen LogP contribution in [0.25, 0.3) is 10.8 Å². The summed E-state index contributed by atoms with van der Waals surface area (Å²) in [6.07, 6.45) is 1.08. The monoisotopic (exact) mass is 499 g/mol. The number of phenols is 1. The van der Waals surface area contributed by atoms with E-state index in [1.54, 1.807) is 0 Å². The van der Waals surface area contributed by atoms with Crippen molar-refractivity contribution in [1.29, 1.82) is 0 Å². The average molecular weight is 499 g/mol. The minimum Gasteiger partial charge on any atom is -0.505 e. The number of rotatable bonds is 9. The van der Waals surface area contributed by atoms with E-state index in [1.807, 2.05) is 6.92 Å². The molecule has 0 bridgehead atoms. The Hall–Kier alpha value is -3.47. The summed E-state index contributed by atoms with van der Waals surface area (Å²) in [5, 5.41) is 31.5. The van der Waals surface area contributed by atoms with Crippen LogP contribution < -0.4 is 0 Å². The fraction of sp³-hybridized carbons (Fsp3) is 0.235. The van der Waals surface area contributed by atoms with Gasteiger partial charge in [0.25, 0.3) is 26.2 Å². The number of carbonyl (C=O) groups is 1. The first kappa shape index (κ1) is 24.2. The SMILES string of the molecule is CCCCOS(=O)(=O)c1cccc2c(S(=O)(=O)O)cc(N=Nc3n[nH]c(C(=O)O)n3)c(O)c12. The highest BCUT2D eigenvalue weighted by Crippen LogP contribution is 2.42. The summed E-state index contributed by atoms with van der Waals surface area (Å²) in [5.41, 5.74) is -0.562. The van der Waals surface area contributed by atoms with Crippen LogP contribution in [-0.4, -0.2) is 59.4 Å². The number of carboxylic acids is 1. The van der Waals surface area contributed by atoms with Crippen molar-refractivity contribution in [3.8, 4) is 5.75 Å². The van der Waals surface area contributed by atoms with Crippen molar-refractivity contribution in [3.05, 3.63) is 30.1 Å². The van der Waals surface area contributed by atoms with E-state index in [9.17, 15) is 31.3 Å². The van der Waals surface area contributed by atoms with Gasteiger partial charge in [0, 0.05) is 10.8 Å². The summed E-state index contributed by atoms with van der Waals surface area (Å²) >= 11 is 0. The van der Waals surface area contributed by atoms with Crippen LogP contribution in [-0.2, 0) is 24.4 Å². The van der Waals surface area contributed by atoms with Crippen molar-refractivity contribution in [2.24, 2.45) is 10.2 Å². The number of nitrogens with zero attached hydrogens (tertiary/aromatic N) is 4. The molecule has 0 spiro atoms. The molecule has 0 amide bonds. The molecule has 33 heavy (non-hydrogen) atoms. The van der Waals surface area contributed by atoms with Crippen molar-refractivity contribution in [2.45, 2.75) is 29.6 Å². The molecule has 2 aromatic carbocycles. The third-order valence-electron chi connectivity index (χ3n) is 4.25. The molecule has 0 saturated carbocycles. The van der Waals surface area contributed by atoms with Crippen LogP contribution in [0.2, 0.25) is 0 Å². The van der Waals surface area contributed by atoms with E-state index in [0.29, 0.717) is 12.8 Å². The minimum atomic E-state index is -4.91. The molecule has 0 atom stereocenters. The summed E-state index contributed by atoms with van der Waals surface area (Å²) in [4.78, 5) is 13.0. The van der Waals surface area contributed by atoms with Crippen molar-refractivity contribution in [1.82, 2.24) is 15.2 Å². The zero-order valence-corrected chi connectivity index (χ0v) is 18.5. The largest absolute Gasteiger partial charge is 0.505 e. The molecule has 4 N–H and O–H groups in total. The molecule has 16 heteroatoms. The maximum absolute atomic E-state index is 12.7. The van der Waals surface area contributed by atoms with Crippen LogP contribution in [0.3, 0.4) is 0 Å². The van der Waals surface area contributed by atoms with Crippen LogP contribution >= 0.6 is 0 Å². The number of aromatic amines is 1. The van der Waals surface area contributed by atoms with Gasteiger partial charge in [-0.05, 0) is 18.6 Å². The number of aromatic carboxylic acids is 1. The number of fused-ring (bicyclic) bond motifs is 1. The van der Waals surface area contributed by atoms with Crippen LogP contribution in [0.15, 0.2) is 44.3 Å². The van der Waals surface area contributed by atoms with Gasteiger partial charge in [0.1, 0.15) is 15.5 Å². The van der Waals surface area contributed by atoms with Crippen LogP contribution in [0.1, 0.15) is 30.4 Å². The van der Waals surface area contributed by atoms with Crippen molar-refractivity contribution in [3.63, 3.8) is 0 Å². The lowest BCUT2D eigenvalue weighted by Gasteiger charge is -2.13. The molecule has 0 saturated heterocycles. The summed E-state index contributed by atoms with van der Waals surface area (Å²) in [6, 6.07) is 4.25. The molecular formula is C17H17N5O9S2. The standard InChI is InChI=1S/C17H17N5O9S2/c1-2-3-7-31-33(29,30)11-6-4-5-9-12(32(26,27)28)8-10(14(23)13(9)11)19-21-17-18-15(16(24)25)20-22-17/h4-6,8,23H,2-3,7H2,1H3,(H,24,25)(H,18,20,22)(H,26,27,28). The Morgan fingerprint density at radius 2 is 1.91 bits per heavy atom. The van der Waals surface area contributed by atoms with Gasteiger partial charge in [0.2, 0.25) is 5.82 Å². The normalized spacial score (nSPS) is 12.5. The van der Waals surface area contributed by atoms with Gasteiger partial charge in [-0.1, -0.05) is 25.5 Å². The Kier molecular flexibility index (Phi) is 6.73. The number of carboxylic acid groups (broad SMARTS) is 1. The smallest absolute Gasteiger partial charge is 0.373 e. The summed E-state index contributed by atoms with van der Waals surface area (Å²) in [6.45, 7) is 1.68. The third-order valence-corrected chi connectivity index (χ3v) is 6.50. The highest BCUT2D eigenvalue weighted by Gasteiger charge is 2.27. The fourth-order valence-corrected chi connectivity index (χ4v) is 4.62.